The topological polar surface area (TPSA) is 116 Å². The summed E-state index contributed by atoms with van der Waals surface area (Å²) in [5.41, 5.74) is 0.645. The van der Waals surface area contributed by atoms with Gasteiger partial charge in [0.05, 0.1) is 23.9 Å². The molecule has 0 atom stereocenters. The Morgan fingerprint density at radius 1 is 1.33 bits per heavy atom. The number of ether oxygens (including phenoxy) is 1. The Bertz CT molecular complexity index is 1060. The van der Waals surface area contributed by atoms with E-state index in [2.05, 4.69) is 10.3 Å². The second kappa shape index (κ2) is 7.79. The third-order valence-electron chi connectivity index (χ3n) is 3.63. The summed E-state index contributed by atoms with van der Waals surface area (Å²) in [4.78, 5) is 38.5. The van der Waals surface area contributed by atoms with Gasteiger partial charge >= 0.3 is 0 Å². The summed E-state index contributed by atoms with van der Waals surface area (Å²) >= 11 is 1.22. The number of rotatable bonds is 6. The number of hydrogen-bond donors (Lipinski definition) is 1. The number of nitro groups is 1. The average Bonchev–Trinajstić information content (AvgIpc) is 3.11. The fourth-order valence-electron chi connectivity index (χ4n) is 2.37. The Kier molecular flexibility index (Phi) is 5.27. The zero-order chi connectivity index (χ0) is 19.4. The molecule has 138 valence electrons. The van der Waals surface area contributed by atoms with Crippen molar-refractivity contribution < 1.29 is 14.5 Å². The fraction of sp³-hybridized carbons (Fsp3) is 0.118. The average molecular weight is 386 g/mol. The summed E-state index contributed by atoms with van der Waals surface area (Å²) in [6.07, 6.45) is 1.03. The monoisotopic (exact) mass is 386 g/mol. The van der Waals surface area contributed by atoms with Gasteiger partial charge in [-0.2, -0.15) is 0 Å². The molecule has 0 radical (unpaired) electrons. The van der Waals surface area contributed by atoms with Gasteiger partial charge in [-0.1, -0.05) is 12.1 Å². The maximum absolute atomic E-state index is 12.2. The first-order chi connectivity index (χ1) is 13.0. The van der Waals surface area contributed by atoms with E-state index in [9.17, 15) is 19.7 Å². The lowest BCUT2D eigenvalue weighted by atomic mass is 10.1. The van der Waals surface area contributed by atoms with E-state index in [1.165, 1.54) is 11.3 Å². The number of para-hydroxylation sites is 1. The molecule has 1 aromatic carbocycles. The highest BCUT2D eigenvalue weighted by atomic mass is 32.1. The van der Waals surface area contributed by atoms with E-state index in [-0.39, 0.29) is 12.2 Å². The summed E-state index contributed by atoms with van der Waals surface area (Å²) in [7, 11) is 1.56. The van der Waals surface area contributed by atoms with Crippen LogP contribution in [0.1, 0.15) is 0 Å². The van der Waals surface area contributed by atoms with Crippen LogP contribution < -0.4 is 15.6 Å². The zero-order valence-corrected chi connectivity index (χ0v) is 14.9. The van der Waals surface area contributed by atoms with E-state index < -0.39 is 16.4 Å². The van der Waals surface area contributed by atoms with Crippen molar-refractivity contribution in [1.29, 1.82) is 0 Å². The normalized spacial score (nSPS) is 10.4. The standard InChI is InChI=1S/C17H14N4O5S/c1-26-14-5-3-2-4-12(14)13-10-27-17(18-13)19-15(22)9-20-8-11(21(24)25)6-7-16(20)23/h2-8,10H,9H2,1H3,(H,18,19,22). The predicted octanol–water partition coefficient (Wildman–Crippen LogP) is 2.53. The number of hydrogen-bond acceptors (Lipinski definition) is 7. The van der Waals surface area contributed by atoms with Crippen molar-refractivity contribution >= 4 is 28.1 Å². The molecule has 0 unspecified atom stereocenters. The minimum atomic E-state index is -0.631. The smallest absolute Gasteiger partial charge is 0.285 e. The predicted molar refractivity (Wildman–Crippen MR) is 100 cm³/mol. The lowest BCUT2D eigenvalue weighted by molar-refractivity contribution is -0.385. The summed E-state index contributed by atoms with van der Waals surface area (Å²) < 4.78 is 6.27. The summed E-state index contributed by atoms with van der Waals surface area (Å²) in [5, 5.41) is 15.5. The highest BCUT2D eigenvalue weighted by molar-refractivity contribution is 7.14. The number of carbonyl (C=O) groups excluding carboxylic acids is 1. The van der Waals surface area contributed by atoms with Crippen LogP contribution in [0.5, 0.6) is 5.75 Å². The van der Waals surface area contributed by atoms with Gasteiger partial charge < -0.3 is 10.1 Å². The second-order valence-corrected chi connectivity index (χ2v) is 6.26. The van der Waals surface area contributed by atoms with Gasteiger partial charge in [-0.05, 0) is 12.1 Å². The van der Waals surface area contributed by atoms with Gasteiger partial charge in [0.2, 0.25) is 5.91 Å². The first-order valence-electron chi connectivity index (χ1n) is 7.71. The molecule has 2 heterocycles. The van der Waals surface area contributed by atoms with Crippen LogP contribution in [0.2, 0.25) is 0 Å². The van der Waals surface area contributed by atoms with E-state index in [0.717, 1.165) is 28.5 Å². The molecule has 0 saturated carbocycles. The van der Waals surface area contributed by atoms with E-state index in [1.807, 2.05) is 24.3 Å². The van der Waals surface area contributed by atoms with Crippen molar-refractivity contribution in [3.63, 3.8) is 0 Å². The molecule has 0 aliphatic rings. The highest BCUT2D eigenvalue weighted by Crippen LogP contribution is 2.31. The Hall–Kier alpha value is -3.53. The summed E-state index contributed by atoms with van der Waals surface area (Å²) in [6, 6.07) is 9.49. The molecular weight excluding hydrogens is 372 g/mol. The van der Waals surface area contributed by atoms with Crippen molar-refractivity contribution in [2.45, 2.75) is 6.54 Å². The minimum Gasteiger partial charge on any atom is -0.496 e. The largest absolute Gasteiger partial charge is 0.496 e. The molecule has 0 fully saturated rings. The number of anilines is 1. The minimum absolute atomic E-state index is 0.268. The number of amides is 1. The van der Waals surface area contributed by atoms with Crippen LogP contribution in [-0.2, 0) is 11.3 Å². The molecule has 0 bridgehead atoms. The molecule has 3 aromatic rings. The Morgan fingerprint density at radius 3 is 2.85 bits per heavy atom. The molecule has 1 amide bonds. The van der Waals surface area contributed by atoms with Crippen molar-refractivity contribution in [1.82, 2.24) is 9.55 Å². The molecule has 0 aliphatic carbocycles. The Labute approximate surface area is 157 Å². The van der Waals surface area contributed by atoms with Crippen LogP contribution in [0, 0.1) is 10.1 Å². The molecular formula is C17H14N4O5S. The van der Waals surface area contributed by atoms with Gasteiger partial charge in [0.25, 0.3) is 11.2 Å². The number of nitrogens with one attached hydrogen (secondary N) is 1. The number of aromatic nitrogens is 2. The van der Waals surface area contributed by atoms with Gasteiger partial charge in [-0.25, -0.2) is 4.98 Å². The molecule has 1 N–H and O–H groups in total. The molecule has 9 nitrogen and oxygen atoms in total. The number of pyridine rings is 1. The number of methoxy groups -OCH3 is 1. The molecule has 0 spiro atoms. The van der Waals surface area contributed by atoms with Gasteiger partial charge in [0.1, 0.15) is 12.3 Å². The Morgan fingerprint density at radius 2 is 2.11 bits per heavy atom. The zero-order valence-electron chi connectivity index (χ0n) is 14.1. The first-order valence-corrected chi connectivity index (χ1v) is 8.59. The van der Waals surface area contributed by atoms with Gasteiger partial charge in [0.15, 0.2) is 5.13 Å². The second-order valence-electron chi connectivity index (χ2n) is 5.40. The van der Waals surface area contributed by atoms with Crippen LogP contribution in [0.3, 0.4) is 0 Å². The number of nitrogens with zero attached hydrogens (tertiary/aromatic N) is 3. The van der Waals surface area contributed by atoms with E-state index >= 15 is 0 Å². The molecule has 0 aliphatic heterocycles. The van der Waals surface area contributed by atoms with Crippen molar-refractivity contribution in [2.75, 3.05) is 12.4 Å². The van der Waals surface area contributed by atoms with Gasteiger partial charge in [-0.15, -0.1) is 11.3 Å². The summed E-state index contributed by atoms with van der Waals surface area (Å²) in [6.45, 7) is -0.357. The fourth-order valence-corrected chi connectivity index (χ4v) is 3.10. The molecule has 27 heavy (non-hydrogen) atoms. The van der Waals surface area contributed by atoms with Gasteiger partial charge in [0, 0.05) is 23.1 Å². The lowest BCUT2D eigenvalue weighted by Gasteiger charge is -2.06. The number of carbonyl (C=O) groups is 1. The number of thiazole rings is 1. The molecule has 0 saturated heterocycles. The van der Waals surface area contributed by atoms with Crippen LogP contribution >= 0.6 is 11.3 Å². The lowest BCUT2D eigenvalue weighted by Crippen LogP contribution is -2.26. The van der Waals surface area contributed by atoms with Crippen molar-refractivity contribution in [3.05, 3.63) is 68.4 Å². The van der Waals surface area contributed by atoms with Crippen LogP contribution in [-0.4, -0.2) is 27.5 Å². The Balaban J connectivity index is 1.74. The van der Waals surface area contributed by atoms with Crippen LogP contribution in [0.25, 0.3) is 11.3 Å². The maximum atomic E-state index is 12.2. The van der Waals surface area contributed by atoms with Crippen LogP contribution in [0.15, 0.2) is 52.8 Å². The number of benzene rings is 1. The van der Waals surface area contributed by atoms with E-state index in [0.29, 0.717) is 16.6 Å². The SMILES string of the molecule is COc1ccccc1-c1csc(NC(=O)Cn2cc([N+](=O)[O-])ccc2=O)n1. The third kappa shape index (κ3) is 4.18. The summed E-state index contributed by atoms with van der Waals surface area (Å²) in [5.74, 6) is 0.141. The highest BCUT2D eigenvalue weighted by Gasteiger charge is 2.13. The molecule has 10 heteroatoms. The van der Waals surface area contributed by atoms with E-state index in [4.69, 9.17) is 4.74 Å². The van der Waals surface area contributed by atoms with Crippen molar-refractivity contribution in [3.8, 4) is 17.0 Å². The maximum Gasteiger partial charge on any atom is 0.285 e. The first kappa shape index (κ1) is 18.3. The van der Waals surface area contributed by atoms with E-state index in [1.54, 1.807) is 12.5 Å². The quantitative estimate of drug-likeness (QED) is 0.514. The van der Waals surface area contributed by atoms with Crippen molar-refractivity contribution in [2.24, 2.45) is 0 Å². The third-order valence-corrected chi connectivity index (χ3v) is 4.38. The van der Waals surface area contributed by atoms with Gasteiger partial charge in [-0.3, -0.25) is 24.3 Å². The molecule has 3 rings (SSSR count). The van der Waals surface area contributed by atoms with Crippen LogP contribution in [0.4, 0.5) is 10.8 Å². The molecule has 2 aromatic heterocycles.